The lowest BCUT2D eigenvalue weighted by atomic mass is 9.93. The summed E-state index contributed by atoms with van der Waals surface area (Å²) in [7, 11) is 0. The molecule has 1 aliphatic carbocycles. The molecule has 1 fully saturated rings. The highest BCUT2D eigenvalue weighted by atomic mass is 19.1. The Kier molecular flexibility index (Phi) is 3.60. The highest BCUT2D eigenvalue weighted by molar-refractivity contribution is 5.37. The van der Waals surface area contributed by atoms with Gasteiger partial charge in [0.05, 0.1) is 6.20 Å². The maximum Gasteiger partial charge on any atom is 0.168 e. The fourth-order valence-electron chi connectivity index (χ4n) is 2.72. The topological polar surface area (TPSA) is 24.9 Å². The molecule has 2 rings (SSSR count). The van der Waals surface area contributed by atoms with Gasteiger partial charge in [0.2, 0.25) is 0 Å². The molecule has 1 saturated carbocycles. The number of nitrogens with one attached hydrogen (secondary N) is 1. The van der Waals surface area contributed by atoms with Gasteiger partial charge in [0.25, 0.3) is 0 Å². The van der Waals surface area contributed by atoms with Crippen molar-refractivity contribution >= 4 is 5.82 Å². The van der Waals surface area contributed by atoms with E-state index in [1.54, 1.807) is 0 Å². The molecule has 1 N–H and O–H groups in total. The Morgan fingerprint density at radius 1 is 1.41 bits per heavy atom. The molecule has 0 spiro atoms. The zero-order valence-electron chi connectivity index (χ0n) is 10.2. The summed E-state index contributed by atoms with van der Waals surface area (Å²) < 4.78 is 26.2. The van der Waals surface area contributed by atoms with Gasteiger partial charge in [-0.2, -0.15) is 0 Å². The Morgan fingerprint density at radius 3 is 2.76 bits per heavy atom. The second-order valence-electron chi connectivity index (χ2n) is 4.84. The third kappa shape index (κ3) is 2.56. The summed E-state index contributed by atoms with van der Waals surface area (Å²) in [5.74, 6) is 0.110. The number of hydrogen-bond donors (Lipinski definition) is 1. The van der Waals surface area contributed by atoms with Crippen LogP contribution in [0, 0.1) is 23.5 Å². The van der Waals surface area contributed by atoms with Crippen LogP contribution >= 0.6 is 0 Å². The SMILES string of the molecule is CCC1CCC(Nc2ncc(F)cc2F)C1C. The van der Waals surface area contributed by atoms with Crippen molar-refractivity contribution < 1.29 is 8.78 Å². The summed E-state index contributed by atoms with van der Waals surface area (Å²) >= 11 is 0. The Hall–Kier alpha value is -1.19. The molecule has 1 aromatic rings. The molecule has 1 aromatic heterocycles. The van der Waals surface area contributed by atoms with E-state index < -0.39 is 11.6 Å². The molecule has 0 radical (unpaired) electrons. The predicted molar refractivity (Wildman–Crippen MR) is 63.7 cm³/mol. The van der Waals surface area contributed by atoms with Crippen LogP contribution in [0.5, 0.6) is 0 Å². The minimum absolute atomic E-state index is 0.167. The molecule has 4 heteroatoms. The van der Waals surface area contributed by atoms with Gasteiger partial charge >= 0.3 is 0 Å². The lowest BCUT2D eigenvalue weighted by molar-refractivity contribution is 0.391. The van der Waals surface area contributed by atoms with Crippen LogP contribution in [0.15, 0.2) is 12.3 Å². The number of anilines is 1. The largest absolute Gasteiger partial charge is 0.365 e. The number of hydrogen-bond acceptors (Lipinski definition) is 2. The molecule has 0 amide bonds. The molecule has 2 nitrogen and oxygen atoms in total. The molecule has 0 aromatic carbocycles. The fourth-order valence-corrected chi connectivity index (χ4v) is 2.72. The van der Waals surface area contributed by atoms with Crippen LogP contribution in [0.1, 0.15) is 33.1 Å². The van der Waals surface area contributed by atoms with Crippen molar-refractivity contribution in [3.05, 3.63) is 23.9 Å². The van der Waals surface area contributed by atoms with Gasteiger partial charge in [-0.25, -0.2) is 13.8 Å². The first-order valence-corrected chi connectivity index (χ1v) is 6.19. The van der Waals surface area contributed by atoms with E-state index in [1.165, 1.54) is 0 Å². The third-order valence-electron chi connectivity index (χ3n) is 3.88. The zero-order valence-corrected chi connectivity index (χ0v) is 10.2. The van der Waals surface area contributed by atoms with Gasteiger partial charge in [-0.3, -0.25) is 0 Å². The van der Waals surface area contributed by atoms with Gasteiger partial charge in [0, 0.05) is 12.1 Å². The summed E-state index contributed by atoms with van der Waals surface area (Å²) in [4.78, 5) is 3.77. The smallest absolute Gasteiger partial charge is 0.168 e. The minimum atomic E-state index is -0.640. The summed E-state index contributed by atoms with van der Waals surface area (Å²) in [6.07, 6.45) is 4.39. The van der Waals surface area contributed by atoms with Crippen molar-refractivity contribution in [3.63, 3.8) is 0 Å². The summed E-state index contributed by atoms with van der Waals surface area (Å²) in [5, 5.41) is 3.10. The first kappa shape index (κ1) is 12.3. The van der Waals surface area contributed by atoms with E-state index >= 15 is 0 Å². The van der Waals surface area contributed by atoms with Crippen molar-refractivity contribution in [2.75, 3.05) is 5.32 Å². The lowest BCUT2D eigenvalue weighted by Crippen LogP contribution is -2.25. The summed E-state index contributed by atoms with van der Waals surface area (Å²) in [6, 6.07) is 1.11. The second kappa shape index (κ2) is 4.98. The Morgan fingerprint density at radius 2 is 2.18 bits per heavy atom. The molecule has 0 bridgehead atoms. The molecular formula is C13H18F2N2. The molecular weight excluding hydrogens is 222 g/mol. The Balaban J connectivity index is 2.06. The van der Waals surface area contributed by atoms with E-state index in [0.717, 1.165) is 31.5 Å². The predicted octanol–water partition coefficient (Wildman–Crippen LogP) is 3.60. The normalized spacial score (nSPS) is 28.4. The zero-order chi connectivity index (χ0) is 12.4. The average Bonchev–Trinajstić information content (AvgIpc) is 2.64. The maximum atomic E-state index is 13.4. The monoisotopic (exact) mass is 240 g/mol. The third-order valence-corrected chi connectivity index (χ3v) is 3.88. The van der Waals surface area contributed by atoms with Crippen molar-refractivity contribution in [2.45, 2.75) is 39.2 Å². The highest BCUT2D eigenvalue weighted by Crippen LogP contribution is 2.35. The first-order valence-electron chi connectivity index (χ1n) is 6.19. The Labute approximate surface area is 100 Å². The minimum Gasteiger partial charge on any atom is -0.365 e. The molecule has 1 aliphatic rings. The number of nitrogens with zero attached hydrogens (tertiary/aromatic N) is 1. The van der Waals surface area contributed by atoms with E-state index in [-0.39, 0.29) is 11.9 Å². The number of aromatic nitrogens is 1. The number of pyridine rings is 1. The Bertz CT molecular complexity index is 395. The lowest BCUT2D eigenvalue weighted by Gasteiger charge is -2.21. The quantitative estimate of drug-likeness (QED) is 0.873. The van der Waals surface area contributed by atoms with E-state index in [4.69, 9.17) is 0 Å². The average molecular weight is 240 g/mol. The molecule has 17 heavy (non-hydrogen) atoms. The second-order valence-corrected chi connectivity index (χ2v) is 4.84. The van der Waals surface area contributed by atoms with E-state index in [0.29, 0.717) is 11.8 Å². The van der Waals surface area contributed by atoms with Gasteiger partial charge in [-0.05, 0) is 24.7 Å². The van der Waals surface area contributed by atoms with Gasteiger partial charge in [-0.1, -0.05) is 20.3 Å². The van der Waals surface area contributed by atoms with Crippen molar-refractivity contribution in [2.24, 2.45) is 11.8 Å². The van der Waals surface area contributed by atoms with Crippen LogP contribution in [0.25, 0.3) is 0 Å². The van der Waals surface area contributed by atoms with Crippen LogP contribution < -0.4 is 5.32 Å². The first-order chi connectivity index (χ1) is 8.11. The standard InChI is InChI=1S/C13H18F2N2/c1-3-9-4-5-12(8(9)2)17-13-11(15)6-10(14)7-16-13/h6-9,12H,3-5H2,1-2H3,(H,16,17). The summed E-state index contributed by atoms with van der Waals surface area (Å²) in [6.45, 7) is 4.36. The van der Waals surface area contributed by atoms with Crippen LogP contribution in [0.3, 0.4) is 0 Å². The van der Waals surface area contributed by atoms with Gasteiger partial charge in [0.1, 0.15) is 5.82 Å². The van der Waals surface area contributed by atoms with Gasteiger partial charge in [-0.15, -0.1) is 0 Å². The van der Waals surface area contributed by atoms with Crippen molar-refractivity contribution in [1.29, 1.82) is 0 Å². The molecule has 0 aliphatic heterocycles. The summed E-state index contributed by atoms with van der Waals surface area (Å²) in [5.41, 5.74) is 0. The molecule has 3 atom stereocenters. The van der Waals surface area contributed by atoms with E-state index in [1.807, 2.05) is 0 Å². The van der Waals surface area contributed by atoms with E-state index in [2.05, 4.69) is 24.1 Å². The van der Waals surface area contributed by atoms with Gasteiger partial charge < -0.3 is 5.32 Å². The number of halogens is 2. The molecule has 1 heterocycles. The van der Waals surface area contributed by atoms with Crippen molar-refractivity contribution in [3.8, 4) is 0 Å². The highest BCUT2D eigenvalue weighted by Gasteiger charge is 2.32. The van der Waals surface area contributed by atoms with Crippen LogP contribution in [-0.4, -0.2) is 11.0 Å². The van der Waals surface area contributed by atoms with Crippen LogP contribution in [0.2, 0.25) is 0 Å². The molecule has 3 unspecified atom stereocenters. The fraction of sp³-hybridized carbons (Fsp3) is 0.615. The van der Waals surface area contributed by atoms with Crippen LogP contribution in [0.4, 0.5) is 14.6 Å². The number of rotatable bonds is 3. The molecule has 94 valence electrons. The van der Waals surface area contributed by atoms with E-state index in [9.17, 15) is 8.78 Å². The molecule has 0 saturated heterocycles. The maximum absolute atomic E-state index is 13.4. The van der Waals surface area contributed by atoms with Crippen molar-refractivity contribution in [1.82, 2.24) is 4.98 Å². The van der Waals surface area contributed by atoms with Crippen LogP contribution in [-0.2, 0) is 0 Å². The van der Waals surface area contributed by atoms with Gasteiger partial charge in [0.15, 0.2) is 11.6 Å².